The maximum Gasteiger partial charge on any atom is 0.306 e. The van der Waals surface area contributed by atoms with Crippen LogP contribution in [0, 0.1) is 0 Å². The van der Waals surface area contributed by atoms with Crippen molar-refractivity contribution in [1.82, 2.24) is 0 Å². The van der Waals surface area contributed by atoms with Gasteiger partial charge >= 0.3 is 17.9 Å². The molecule has 0 heterocycles. The lowest BCUT2D eigenvalue weighted by atomic mass is 10.0. The Balaban J connectivity index is 4.28. The first-order chi connectivity index (χ1) is 40.0. The zero-order valence-electron chi connectivity index (χ0n) is 53.8. The number of esters is 3. The van der Waals surface area contributed by atoms with E-state index in [0.29, 0.717) is 19.3 Å². The molecule has 6 nitrogen and oxygen atoms in total. The molecule has 0 aliphatic carbocycles. The summed E-state index contributed by atoms with van der Waals surface area (Å²) in [5, 5.41) is 0. The number of carbonyl (C=O) groups excluding carboxylic acids is 3. The Kier molecular flexibility index (Phi) is 66.2. The van der Waals surface area contributed by atoms with E-state index in [0.717, 1.165) is 96.3 Å². The fourth-order valence-corrected chi connectivity index (χ4v) is 10.0. The molecule has 0 amide bonds. The highest BCUT2D eigenvalue weighted by Crippen LogP contribution is 2.17. The van der Waals surface area contributed by atoms with Gasteiger partial charge in [-0.05, 0) is 122 Å². The zero-order valence-corrected chi connectivity index (χ0v) is 53.8. The molecule has 0 aromatic rings. The van der Waals surface area contributed by atoms with Crippen LogP contribution in [0.4, 0.5) is 0 Å². The van der Waals surface area contributed by atoms with Crippen LogP contribution in [0.5, 0.6) is 0 Å². The standard InChI is InChI=1S/C75H132O6/c1-4-7-10-13-16-19-22-25-28-30-32-33-34-35-36-37-38-39-40-41-43-44-47-50-53-56-59-62-65-68-74(77)80-71-72(70-79-73(76)67-64-61-58-55-52-49-46-27-24-21-18-15-12-9-6-3)81-75(78)69-66-63-60-57-54-51-48-45-42-31-29-26-23-20-17-14-11-8-5-2/h17-18,20-22,25-27,29-30,32,34-35,46,72H,4-16,19,23-24,28,31,33,36-45,47-71H2,1-3H3/b20-17-,21-18-,25-22-,29-26-,32-30-,35-34-,46-27-. The molecule has 81 heavy (non-hydrogen) atoms. The van der Waals surface area contributed by atoms with E-state index < -0.39 is 6.10 Å². The highest BCUT2D eigenvalue weighted by atomic mass is 16.6. The van der Waals surface area contributed by atoms with Gasteiger partial charge < -0.3 is 14.2 Å². The normalized spacial score (nSPS) is 12.6. The van der Waals surface area contributed by atoms with Gasteiger partial charge in [0.25, 0.3) is 0 Å². The molecule has 0 rings (SSSR count). The predicted octanol–water partition coefficient (Wildman–Crippen LogP) is 24.2. The second-order valence-corrected chi connectivity index (χ2v) is 23.4. The van der Waals surface area contributed by atoms with Crippen molar-refractivity contribution in [3.8, 4) is 0 Å². The van der Waals surface area contributed by atoms with Crippen LogP contribution in [0.25, 0.3) is 0 Å². The van der Waals surface area contributed by atoms with Crippen LogP contribution in [-0.4, -0.2) is 37.2 Å². The van der Waals surface area contributed by atoms with Crippen LogP contribution in [-0.2, 0) is 28.6 Å². The third-order valence-electron chi connectivity index (χ3n) is 15.3. The minimum absolute atomic E-state index is 0.0811. The first-order valence-corrected chi connectivity index (χ1v) is 35.1. The maximum absolute atomic E-state index is 12.9. The molecule has 0 radical (unpaired) electrons. The van der Waals surface area contributed by atoms with Gasteiger partial charge in [-0.25, -0.2) is 0 Å². The smallest absolute Gasteiger partial charge is 0.306 e. The molecule has 0 saturated carbocycles. The van der Waals surface area contributed by atoms with Crippen molar-refractivity contribution in [3.63, 3.8) is 0 Å². The van der Waals surface area contributed by atoms with Gasteiger partial charge in [0.2, 0.25) is 0 Å². The van der Waals surface area contributed by atoms with Gasteiger partial charge in [-0.3, -0.25) is 14.4 Å². The van der Waals surface area contributed by atoms with E-state index in [2.05, 4.69) is 106 Å². The molecule has 0 bridgehead atoms. The molecule has 468 valence electrons. The van der Waals surface area contributed by atoms with Gasteiger partial charge in [-0.2, -0.15) is 0 Å². The summed E-state index contributed by atoms with van der Waals surface area (Å²) >= 11 is 0. The van der Waals surface area contributed by atoms with Crippen molar-refractivity contribution >= 4 is 17.9 Å². The average molecular weight is 1130 g/mol. The van der Waals surface area contributed by atoms with Gasteiger partial charge in [-0.1, -0.05) is 298 Å². The Hall–Kier alpha value is -3.41. The van der Waals surface area contributed by atoms with Crippen LogP contribution >= 0.6 is 0 Å². The third kappa shape index (κ3) is 67.3. The van der Waals surface area contributed by atoms with Crippen LogP contribution in [0.3, 0.4) is 0 Å². The van der Waals surface area contributed by atoms with Crippen molar-refractivity contribution < 1.29 is 28.6 Å². The van der Waals surface area contributed by atoms with E-state index in [1.54, 1.807) is 0 Å². The van der Waals surface area contributed by atoms with Crippen LogP contribution in [0.2, 0.25) is 0 Å². The third-order valence-corrected chi connectivity index (χ3v) is 15.3. The van der Waals surface area contributed by atoms with E-state index in [1.807, 2.05) is 0 Å². The molecule has 0 spiro atoms. The molecule has 0 saturated heterocycles. The number of unbranched alkanes of at least 4 members (excludes halogenated alkanes) is 39. The van der Waals surface area contributed by atoms with Crippen molar-refractivity contribution in [1.29, 1.82) is 0 Å². The van der Waals surface area contributed by atoms with E-state index in [-0.39, 0.29) is 31.1 Å². The Labute approximate surface area is 503 Å². The minimum atomic E-state index is -0.786. The predicted molar refractivity (Wildman–Crippen MR) is 353 cm³/mol. The Bertz CT molecular complexity index is 1530. The monoisotopic (exact) mass is 1130 g/mol. The van der Waals surface area contributed by atoms with Crippen molar-refractivity contribution in [2.45, 2.75) is 361 Å². The summed E-state index contributed by atoms with van der Waals surface area (Å²) in [7, 11) is 0. The number of rotatable bonds is 64. The molecule has 0 aromatic heterocycles. The summed E-state index contributed by atoms with van der Waals surface area (Å²) < 4.78 is 17.0. The largest absolute Gasteiger partial charge is 0.462 e. The number of hydrogen-bond donors (Lipinski definition) is 0. The quantitative estimate of drug-likeness (QED) is 0.0261. The van der Waals surface area contributed by atoms with Crippen LogP contribution in [0.1, 0.15) is 355 Å². The molecule has 1 atom stereocenters. The van der Waals surface area contributed by atoms with Crippen LogP contribution in [0.15, 0.2) is 85.1 Å². The van der Waals surface area contributed by atoms with Crippen molar-refractivity contribution in [2.75, 3.05) is 13.2 Å². The summed E-state index contributed by atoms with van der Waals surface area (Å²) in [6.07, 6.45) is 91.7. The second kappa shape index (κ2) is 69.1. The highest BCUT2D eigenvalue weighted by molar-refractivity contribution is 5.71. The first kappa shape index (κ1) is 77.6. The molecule has 0 fully saturated rings. The molecule has 0 aromatic carbocycles. The summed E-state index contributed by atoms with van der Waals surface area (Å²) in [5.74, 6) is -0.884. The number of ether oxygens (including phenoxy) is 3. The molecule has 0 aliphatic heterocycles. The number of carbonyl (C=O) groups is 3. The first-order valence-electron chi connectivity index (χ1n) is 35.1. The molecule has 0 N–H and O–H groups in total. The number of allylic oxidation sites excluding steroid dienone is 14. The lowest BCUT2D eigenvalue weighted by Crippen LogP contribution is -2.30. The van der Waals surface area contributed by atoms with E-state index in [1.165, 1.54) is 218 Å². The molecular formula is C75H132O6. The molecule has 0 aliphatic rings. The summed E-state index contributed by atoms with van der Waals surface area (Å²) in [4.78, 5) is 38.4. The Morgan fingerprint density at radius 3 is 0.716 bits per heavy atom. The van der Waals surface area contributed by atoms with Crippen molar-refractivity contribution in [2.24, 2.45) is 0 Å². The fraction of sp³-hybridized carbons (Fsp3) is 0.773. The number of hydrogen-bond acceptors (Lipinski definition) is 6. The van der Waals surface area contributed by atoms with Gasteiger partial charge in [-0.15, -0.1) is 0 Å². The van der Waals surface area contributed by atoms with Gasteiger partial charge in [0, 0.05) is 19.3 Å². The second-order valence-electron chi connectivity index (χ2n) is 23.4. The summed E-state index contributed by atoms with van der Waals surface area (Å²) in [5.41, 5.74) is 0. The highest BCUT2D eigenvalue weighted by Gasteiger charge is 2.19. The summed E-state index contributed by atoms with van der Waals surface area (Å²) in [6.45, 7) is 6.60. The van der Waals surface area contributed by atoms with E-state index in [4.69, 9.17) is 14.2 Å². The molecule has 1 unspecified atom stereocenters. The fourth-order valence-electron chi connectivity index (χ4n) is 10.0. The molecular weight excluding hydrogens is 997 g/mol. The minimum Gasteiger partial charge on any atom is -0.462 e. The molecule has 6 heteroatoms. The van der Waals surface area contributed by atoms with Gasteiger partial charge in [0.15, 0.2) is 6.10 Å². The van der Waals surface area contributed by atoms with Gasteiger partial charge in [0.05, 0.1) is 0 Å². The lowest BCUT2D eigenvalue weighted by Gasteiger charge is -2.18. The lowest BCUT2D eigenvalue weighted by molar-refractivity contribution is -0.167. The van der Waals surface area contributed by atoms with Crippen LogP contribution < -0.4 is 0 Å². The van der Waals surface area contributed by atoms with Gasteiger partial charge in [0.1, 0.15) is 13.2 Å². The van der Waals surface area contributed by atoms with E-state index >= 15 is 0 Å². The topological polar surface area (TPSA) is 78.9 Å². The van der Waals surface area contributed by atoms with E-state index in [9.17, 15) is 14.4 Å². The zero-order chi connectivity index (χ0) is 58.5. The maximum atomic E-state index is 12.9. The van der Waals surface area contributed by atoms with Crippen molar-refractivity contribution in [3.05, 3.63) is 85.1 Å². The Morgan fingerprint density at radius 1 is 0.247 bits per heavy atom. The average Bonchev–Trinajstić information content (AvgIpc) is 3.47. The SMILES string of the molecule is CCCCC/C=C\C/C=C\CCCCCCCCCCCC(=O)OC(COC(=O)CCCCCCC/C=C\C/C=C\CCCCC)COC(=O)CCCCCCCCCCCCCCCC/C=C\C/C=C\C/C=C\CCCCCCC. The Morgan fingerprint density at radius 2 is 0.444 bits per heavy atom. The summed E-state index contributed by atoms with van der Waals surface area (Å²) in [6, 6.07) is 0.